The molecule has 0 aliphatic rings. The lowest BCUT2D eigenvalue weighted by atomic mass is 10.1. The van der Waals surface area contributed by atoms with Gasteiger partial charge < -0.3 is 10.5 Å². The van der Waals surface area contributed by atoms with Gasteiger partial charge in [-0.1, -0.05) is 0 Å². The number of pyridine rings is 1. The summed E-state index contributed by atoms with van der Waals surface area (Å²) in [6.07, 6.45) is 1.49. The Hall–Kier alpha value is -1.42. The van der Waals surface area contributed by atoms with Crippen LogP contribution in [0.25, 0.3) is 0 Å². The predicted molar refractivity (Wildman–Crippen MR) is 48.2 cm³/mol. The fourth-order valence-corrected chi connectivity index (χ4v) is 1.05. The van der Waals surface area contributed by atoms with Crippen LogP contribution in [0.1, 0.15) is 21.6 Å². The zero-order valence-corrected chi connectivity index (χ0v) is 7.70. The van der Waals surface area contributed by atoms with Crippen molar-refractivity contribution in [1.29, 1.82) is 0 Å². The van der Waals surface area contributed by atoms with Crippen LogP contribution in [-0.4, -0.2) is 18.1 Å². The summed E-state index contributed by atoms with van der Waals surface area (Å²) in [4.78, 5) is 15.1. The third-order valence-corrected chi connectivity index (χ3v) is 1.78. The van der Waals surface area contributed by atoms with Gasteiger partial charge in [0.25, 0.3) is 0 Å². The Bertz CT molecular complexity index is 323. The molecular weight excluding hydrogens is 168 g/mol. The lowest BCUT2D eigenvalue weighted by Crippen LogP contribution is -2.07. The second-order valence-corrected chi connectivity index (χ2v) is 2.69. The fourth-order valence-electron chi connectivity index (χ4n) is 1.05. The smallest absolute Gasteiger partial charge is 0.339 e. The van der Waals surface area contributed by atoms with E-state index in [1.165, 1.54) is 13.3 Å². The molecule has 0 spiro atoms. The number of methoxy groups -OCH3 is 1. The van der Waals surface area contributed by atoms with E-state index in [1.807, 2.05) is 6.92 Å². The Kier molecular flexibility index (Phi) is 2.97. The van der Waals surface area contributed by atoms with Gasteiger partial charge in [-0.3, -0.25) is 4.98 Å². The molecule has 70 valence electrons. The molecule has 0 amide bonds. The topological polar surface area (TPSA) is 65.2 Å². The van der Waals surface area contributed by atoms with Crippen molar-refractivity contribution in [3.8, 4) is 0 Å². The van der Waals surface area contributed by atoms with Crippen LogP contribution in [0.4, 0.5) is 0 Å². The summed E-state index contributed by atoms with van der Waals surface area (Å²) in [6.45, 7) is 2.20. The summed E-state index contributed by atoms with van der Waals surface area (Å²) in [7, 11) is 1.35. The molecule has 13 heavy (non-hydrogen) atoms. The molecule has 1 heterocycles. The summed E-state index contributed by atoms with van der Waals surface area (Å²) in [5.74, 6) is -0.367. The van der Waals surface area contributed by atoms with Gasteiger partial charge in [-0.25, -0.2) is 4.79 Å². The minimum absolute atomic E-state index is 0.367. The van der Waals surface area contributed by atoms with Crippen LogP contribution in [0.2, 0.25) is 0 Å². The molecular formula is C9H12N2O2. The number of aromatic nitrogens is 1. The molecule has 0 bridgehead atoms. The molecule has 0 radical (unpaired) electrons. The maximum absolute atomic E-state index is 11.1. The van der Waals surface area contributed by atoms with Gasteiger partial charge in [0.2, 0.25) is 0 Å². The number of esters is 1. The van der Waals surface area contributed by atoms with Crippen LogP contribution in [0.3, 0.4) is 0 Å². The highest BCUT2D eigenvalue weighted by molar-refractivity contribution is 5.90. The van der Waals surface area contributed by atoms with Crippen molar-refractivity contribution in [2.24, 2.45) is 5.73 Å². The zero-order chi connectivity index (χ0) is 9.84. The molecule has 0 atom stereocenters. The first-order valence-electron chi connectivity index (χ1n) is 3.93. The highest BCUT2D eigenvalue weighted by atomic mass is 16.5. The van der Waals surface area contributed by atoms with Crippen LogP contribution < -0.4 is 5.73 Å². The number of aryl methyl sites for hydroxylation is 1. The first kappa shape index (κ1) is 9.67. The summed E-state index contributed by atoms with van der Waals surface area (Å²) in [5.41, 5.74) is 7.49. The van der Waals surface area contributed by atoms with Crippen LogP contribution in [0.15, 0.2) is 12.3 Å². The number of hydrogen-bond donors (Lipinski definition) is 1. The van der Waals surface area contributed by atoms with Crippen LogP contribution >= 0.6 is 0 Å². The van der Waals surface area contributed by atoms with E-state index < -0.39 is 0 Å². The molecule has 1 rings (SSSR count). The summed E-state index contributed by atoms with van der Waals surface area (Å²) >= 11 is 0. The van der Waals surface area contributed by atoms with Crippen molar-refractivity contribution in [2.45, 2.75) is 13.5 Å². The predicted octanol–water partition coefficient (Wildman–Crippen LogP) is 0.635. The third-order valence-electron chi connectivity index (χ3n) is 1.78. The molecule has 4 heteroatoms. The molecule has 1 aromatic heterocycles. The molecule has 0 fully saturated rings. The van der Waals surface area contributed by atoms with Gasteiger partial charge in [-0.05, 0) is 18.6 Å². The monoisotopic (exact) mass is 180 g/mol. The SMILES string of the molecule is COC(=O)c1cnc(CN)cc1C. The van der Waals surface area contributed by atoms with Crippen molar-refractivity contribution in [1.82, 2.24) is 4.98 Å². The summed E-state index contributed by atoms with van der Waals surface area (Å²) in [6, 6.07) is 1.78. The van der Waals surface area contributed by atoms with Gasteiger partial charge >= 0.3 is 5.97 Å². The third kappa shape index (κ3) is 2.03. The highest BCUT2D eigenvalue weighted by Crippen LogP contribution is 2.08. The number of nitrogens with zero attached hydrogens (tertiary/aromatic N) is 1. The van der Waals surface area contributed by atoms with Gasteiger partial charge in [0.1, 0.15) is 0 Å². The van der Waals surface area contributed by atoms with Crippen molar-refractivity contribution >= 4 is 5.97 Å². The van der Waals surface area contributed by atoms with Gasteiger partial charge in [-0.2, -0.15) is 0 Å². The number of ether oxygens (including phenoxy) is 1. The number of rotatable bonds is 2. The average molecular weight is 180 g/mol. The maximum Gasteiger partial charge on any atom is 0.339 e. The summed E-state index contributed by atoms with van der Waals surface area (Å²) in [5, 5.41) is 0. The molecule has 0 aliphatic heterocycles. The quantitative estimate of drug-likeness (QED) is 0.678. The highest BCUT2D eigenvalue weighted by Gasteiger charge is 2.09. The molecule has 0 aromatic carbocycles. The molecule has 0 aliphatic carbocycles. The lowest BCUT2D eigenvalue weighted by molar-refractivity contribution is 0.0599. The average Bonchev–Trinajstić information content (AvgIpc) is 2.16. The Morgan fingerprint density at radius 1 is 1.69 bits per heavy atom. The van der Waals surface area contributed by atoms with Gasteiger partial charge in [-0.15, -0.1) is 0 Å². The van der Waals surface area contributed by atoms with E-state index in [1.54, 1.807) is 6.07 Å². The fraction of sp³-hybridized carbons (Fsp3) is 0.333. The Labute approximate surface area is 76.7 Å². The molecule has 0 saturated heterocycles. The van der Waals surface area contributed by atoms with Crippen molar-refractivity contribution in [3.05, 3.63) is 29.1 Å². The van der Waals surface area contributed by atoms with Gasteiger partial charge in [0.05, 0.1) is 18.4 Å². The Morgan fingerprint density at radius 2 is 2.38 bits per heavy atom. The molecule has 0 saturated carbocycles. The minimum Gasteiger partial charge on any atom is -0.465 e. The first-order chi connectivity index (χ1) is 6.19. The molecule has 4 nitrogen and oxygen atoms in total. The zero-order valence-electron chi connectivity index (χ0n) is 7.70. The second-order valence-electron chi connectivity index (χ2n) is 2.69. The molecule has 1 aromatic rings. The van der Waals surface area contributed by atoms with E-state index in [-0.39, 0.29) is 5.97 Å². The number of carbonyl (C=O) groups excluding carboxylic acids is 1. The van der Waals surface area contributed by atoms with E-state index >= 15 is 0 Å². The summed E-state index contributed by atoms with van der Waals surface area (Å²) < 4.78 is 4.58. The largest absolute Gasteiger partial charge is 0.465 e. The van der Waals surface area contributed by atoms with Crippen molar-refractivity contribution < 1.29 is 9.53 Å². The number of hydrogen-bond acceptors (Lipinski definition) is 4. The van der Waals surface area contributed by atoms with E-state index in [0.29, 0.717) is 12.1 Å². The van der Waals surface area contributed by atoms with E-state index in [0.717, 1.165) is 11.3 Å². The van der Waals surface area contributed by atoms with Crippen LogP contribution in [0.5, 0.6) is 0 Å². The molecule has 0 unspecified atom stereocenters. The van der Waals surface area contributed by atoms with Crippen LogP contribution in [0, 0.1) is 6.92 Å². The number of carbonyl (C=O) groups is 1. The van der Waals surface area contributed by atoms with E-state index in [9.17, 15) is 4.79 Å². The Balaban J connectivity index is 3.05. The van der Waals surface area contributed by atoms with Crippen LogP contribution in [-0.2, 0) is 11.3 Å². The van der Waals surface area contributed by atoms with Crippen molar-refractivity contribution in [3.63, 3.8) is 0 Å². The second kappa shape index (κ2) is 4.00. The lowest BCUT2D eigenvalue weighted by Gasteiger charge is -2.04. The standard InChI is InChI=1S/C9H12N2O2/c1-6-3-7(4-10)11-5-8(6)9(12)13-2/h3,5H,4,10H2,1-2H3. The van der Waals surface area contributed by atoms with E-state index in [2.05, 4.69) is 9.72 Å². The maximum atomic E-state index is 11.1. The minimum atomic E-state index is -0.367. The van der Waals surface area contributed by atoms with Gasteiger partial charge in [0.15, 0.2) is 0 Å². The number of nitrogens with two attached hydrogens (primary N) is 1. The van der Waals surface area contributed by atoms with Gasteiger partial charge in [0, 0.05) is 12.7 Å². The Morgan fingerprint density at radius 3 is 2.85 bits per heavy atom. The first-order valence-corrected chi connectivity index (χ1v) is 3.93. The normalized spacial score (nSPS) is 9.77. The van der Waals surface area contributed by atoms with Crippen molar-refractivity contribution in [2.75, 3.05) is 7.11 Å². The molecule has 2 N–H and O–H groups in total. The van der Waals surface area contributed by atoms with E-state index in [4.69, 9.17) is 5.73 Å².